The molecule has 2 heteroatoms. The number of carbonyl (C=O) groups is 1. The molecule has 0 radical (unpaired) electrons. The summed E-state index contributed by atoms with van der Waals surface area (Å²) < 4.78 is 5.02. The molecule has 2 nitrogen and oxygen atoms in total. The van der Waals surface area contributed by atoms with E-state index < -0.39 is 0 Å². The van der Waals surface area contributed by atoms with Gasteiger partial charge >= 0.3 is 5.97 Å². The average molecular weight is 248 g/mol. The maximum absolute atomic E-state index is 11.7. The van der Waals surface area contributed by atoms with Crippen molar-refractivity contribution in [2.45, 2.75) is 47.0 Å². The molecule has 0 bridgehead atoms. The van der Waals surface area contributed by atoms with Gasteiger partial charge < -0.3 is 4.74 Å². The molecule has 0 amide bonds. The molecule has 0 spiro atoms. The van der Waals surface area contributed by atoms with Crippen LogP contribution in [-0.4, -0.2) is 12.6 Å². The first-order valence-electron chi connectivity index (χ1n) is 6.66. The molecule has 0 aromatic heterocycles. The lowest BCUT2D eigenvalue weighted by molar-refractivity contribution is -0.138. The lowest BCUT2D eigenvalue weighted by Crippen LogP contribution is -2.23. The van der Waals surface area contributed by atoms with E-state index in [9.17, 15) is 4.79 Å². The van der Waals surface area contributed by atoms with Crippen LogP contribution in [0.3, 0.4) is 0 Å². The predicted octanol–water partition coefficient (Wildman–Crippen LogP) is 4.03. The molecule has 0 saturated heterocycles. The molecule has 0 aromatic rings. The molecule has 0 aliphatic heterocycles. The number of esters is 1. The van der Waals surface area contributed by atoms with E-state index in [0.29, 0.717) is 23.5 Å². The Labute approximate surface area is 110 Å². The van der Waals surface area contributed by atoms with Gasteiger partial charge in [0.25, 0.3) is 0 Å². The van der Waals surface area contributed by atoms with Gasteiger partial charge in [0.15, 0.2) is 0 Å². The van der Waals surface area contributed by atoms with E-state index in [0.717, 1.165) is 24.8 Å². The molecular formula is C16H24O2. The number of allylic oxidation sites excluding steroid dienone is 1. The number of hydrogen-bond donors (Lipinski definition) is 0. The van der Waals surface area contributed by atoms with Crippen molar-refractivity contribution in [1.82, 2.24) is 0 Å². The van der Waals surface area contributed by atoms with E-state index in [2.05, 4.69) is 39.2 Å². The SMILES string of the molecule is C=C=C(C(=O)OCC)C1=CCC(C(C)(C)C)CC1. The van der Waals surface area contributed by atoms with Crippen molar-refractivity contribution in [2.75, 3.05) is 6.61 Å². The van der Waals surface area contributed by atoms with E-state index in [-0.39, 0.29) is 5.97 Å². The number of rotatable bonds is 3. The summed E-state index contributed by atoms with van der Waals surface area (Å²) in [4.78, 5) is 11.7. The van der Waals surface area contributed by atoms with Gasteiger partial charge in [-0.1, -0.05) is 33.4 Å². The van der Waals surface area contributed by atoms with Gasteiger partial charge in [-0.2, -0.15) is 0 Å². The third kappa shape index (κ3) is 3.61. The fraction of sp³-hybridized carbons (Fsp3) is 0.625. The second-order valence-corrected chi connectivity index (χ2v) is 5.84. The van der Waals surface area contributed by atoms with Gasteiger partial charge in [-0.25, -0.2) is 4.79 Å². The van der Waals surface area contributed by atoms with E-state index in [1.54, 1.807) is 0 Å². The van der Waals surface area contributed by atoms with Crippen LogP contribution >= 0.6 is 0 Å². The third-order valence-corrected chi connectivity index (χ3v) is 3.61. The van der Waals surface area contributed by atoms with Gasteiger partial charge in [0.2, 0.25) is 0 Å². The summed E-state index contributed by atoms with van der Waals surface area (Å²) >= 11 is 0. The normalized spacial score (nSPS) is 19.8. The number of hydrogen-bond acceptors (Lipinski definition) is 2. The van der Waals surface area contributed by atoms with Gasteiger partial charge in [0.1, 0.15) is 5.57 Å². The van der Waals surface area contributed by atoms with Gasteiger partial charge in [-0.05, 0) is 43.1 Å². The van der Waals surface area contributed by atoms with Crippen molar-refractivity contribution >= 4 is 5.97 Å². The van der Waals surface area contributed by atoms with Crippen molar-refractivity contribution in [3.8, 4) is 0 Å². The molecule has 1 unspecified atom stereocenters. The topological polar surface area (TPSA) is 26.3 Å². The minimum atomic E-state index is -0.298. The van der Waals surface area contributed by atoms with E-state index in [4.69, 9.17) is 4.74 Å². The zero-order chi connectivity index (χ0) is 13.8. The summed E-state index contributed by atoms with van der Waals surface area (Å²) in [7, 11) is 0. The molecule has 100 valence electrons. The standard InChI is InChI=1S/C16H24O2/c1-6-14(15(17)18-7-2)12-8-10-13(11-9-12)16(3,4)5/h8,13H,1,7,9-11H2,2-5H3. The van der Waals surface area contributed by atoms with Crippen molar-refractivity contribution < 1.29 is 9.53 Å². The second-order valence-electron chi connectivity index (χ2n) is 5.84. The van der Waals surface area contributed by atoms with Crippen molar-refractivity contribution in [3.63, 3.8) is 0 Å². The number of carbonyl (C=O) groups excluding carboxylic acids is 1. The van der Waals surface area contributed by atoms with Gasteiger partial charge in [0.05, 0.1) is 6.61 Å². The molecule has 0 saturated carbocycles. The van der Waals surface area contributed by atoms with Crippen LogP contribution in [0.5, 0.6) is 0 Å². The maximum atomic E-state index is 11.7. The molecule has 0 N–H and O–H groups in total. The van der Waals surface area contributed by atoms with Crippen molar-refractivity contribution in [1.29, 1.82) is 0 Å². The Morgan fingerprint density at radius 1 is 1.56 bits per heavy atom. The van der Waals surface area contributed by atoms with E-state index in [1.807, 2.05) is 6.92 Å². The Morgan fingerprint density at radius 2 is 2.22 bits per heavy atom. The van der Waals surface area contributed by atoms with Gasteiger partial charge in [0, 0.05) is 0 Å². The highest BCUT2D eigenvalue weighted by molar-refractivity contribution is 5.93. The largest absolute Gasteiger partial charge is 0.462 e. The Balaban J connectivity index is 2.78. The molecule has 1 atom stereocenters. The van der Waals surface area contributed by atoms with Gasteiger partial charge in [-0.15, -0.1) is 5.73 Å². The Kier molecular flexibility index (Phi) is 4.98. The van der Waals surface area contributed by atoms with Crippen molar-refractivity contribution in [2.24, 2.45) is 11.3 Å². The summed E-state index contributed by atoms with van der Waals surface area (Å²) in [6.07, 6.45) is 5.20. The number of ether oxygens (including phenoxy) is 1. The predicted molar refractivity (Wildman–Crippen MR) is 74.2 cm³/mol. The highest BCUT2D eigenvalue weighted by atomic mass is 16.5. The molecule has 18 heavy (non-hydrogen) atoms. The van der Waals surface area contributed by atoms with Crippen LogP contribution in [0.25, 0.3) is 0 Å². The molecule has 0 aromatic carbocycles. The van der Waals surface area contributed by atoms with Crippen LogP contribution < -0.4 is 0 Å². The first-order valence-corrected chi connectivity index (χ1v) is 6.66. The Morgan fingerprint density at radius 3 is 2.61 bits per heavy atom. The zero-order valence-electron chi connectivity index (χ0n) is 12.0. The summed E-state index contributed by atoms with van der Waals surface area (Å²) in [5.74, 6) is 0.377. The lowest BCUT2D eigenvalue weighted by atomic mass is 9.72. The maximum Gasteiger partial charge on any atom is 0.346 e. The summed E-state index contributed by atoms with van der Waals surface area (Å²) in [6, 6.07) is 0. The first-order chi connectivity index (χ1) is 8.40. The van der Waals surface area contributed by atoms with Crippen LogP contribution in [-0.2, 0) is 9.53 Å². The molecule has 0 fully saturated rings. The second kappa shape index (κ2) is 6.06. The monoisotopic (exact) mass is 248 g/mol. The van der Waals surface area contributed by atoms with Gasteiger partial charge in [-0.3, -0.25) is 0 Å². The lowest BCUT2D eigenvalue weighted by Gasteiger charge is -2.33. The highest BCUT2D eigenvalue weighted by Gasteiger charge is 2.28. The third-order valence-electron chi connectivity index (χ3n) is 3.61. The average Bonchev–Trinajstić information content (AvgIpc) is 2.30. The summed E-state index contributed by atoms with van der Waals surface area (Å²) in [5, 5.41) is 0. The summed E-state index contributed by atoms with van der Waals surface area (Å²) in [5.41, 5.74) is 4.62. The minimum absolute atomic E-state index is 0.298. The first kappa shape index (κ1) is 14.8. The molecular weight excluding hydrogens is 224 g/mol. The summed E-state index contributed by atoms with van der Waals surface area (Å²) in [6.45, 7) is 12.6. The van der Waals surface area contributed by atoms with E-state index in [1.165, 1.54) is 0 Å². The Bertz CT molecular complexity index is 390. The fourth-order valence-electron chi connectivity index (χ4n) is 2.37. The Hall–Kier alpha value is -1.27. The highest BCUT2D eigenvalue weighted by Crippen LogP contribution is 2.38. The zero-order valence-corrected chi connectivity index (χ0v) is 12.0. The quantitative estimate of drug-likeness (QED) is 0.428. The molecule has 1 aliphatic rings. The van der Waals surface area contributed by atoms with E-state index >= 15 is 0 Å². The van der Waals surface area contributed by atoms with Crippen LogP contribution in [0.4, 0.5) is 0 Å². The molecule has 1 aliphatic carbocycles. The molecule has 0 heterocycles. The van der Waals surface area contributed by atoms with Crippen molar-refractivity contribution in [3.05, 3.63) is 29.5 Å². The van der Waals surface area contributed by atoms with Crippen LogP contribution in [0.1, 0.15) is 47.0 Å². The van der Waals surface area contributed by atoms with Crippen LogP contribution in [0, 0.1) is 11.3 Å². The fourth-order valence-corrected chi connectivity index (χ4v) is 2.37. The van der Waals surface area contributed by atoms with Crippen LogP contribution in [0.2, 0.25) is 0 Å². The minimum Gasteiger partial charge on any atom is -0.462 e. The van der Waals surface area contributed by atoms with Crippen LogP contribution in [0.15, 0.2) is 29.5 Å². The molecule has 1 rings (SSSR count). The smallest absolute Gasteiger partial charge is 0.346 e.